The van der Waals surface area contributed by atoms with Crippen molar-refractivity contribution >= 4 is 43.7 Å². The molecule has 0 aliphatic heterocycles. The maximum absolute atomic E-state index is 12.5. The van der Waals surface area contributed by atoms with E-state index in [1.165, 1.54) is 22.3 Å². The molecule has 12 aromatic carbocycles. The summed E-state index contributed by atoms with van der Waals surface area (Å²) in [5, 5.41) is 28.4. The molecule has 2 N–H and O–H groups in total. The van der Waals surface area contributed by atoms with Crippen LogP contribution in [0.3, 0.4) is 0 Å². The fourth-order valence-electron chi connectivity index (χ4n) is 16.3. The second kappa shape index (κ2) is 33.4. The topological polar surface area (TPSA) is 102 Å². The SMILES string of the molecule is CC(C)c1cccc(-c2ccccc2)c1-n1c(-c2cc(C(C)(C)C)cc(C(C)(C)C)c2O)nc2c(-c3[c-]c(-c4cc5ccccc5cn4)cc(C(C)(C)C)c3)cccc21.CC(C)c1cccc(-c2ccccc2)c1-n1c(-c2cc(C(C)(C)C)cc(C(C)(C)C)c2O)nc2c(-c3[c-]c(-c4ccc5ccccc5n4)cc(C(C)(C)C)c3)cccc21.[Pt].[Pt]. The monoisotopic (exact) mass is 1940 g/mol. The van der Waals surface area contributed by atoms with Crippen molar-refractivity contribution < 1.29 is 52.3 Å². The van der Waals surface area contributed by atoms with Gasteiger partial charge >= 0.3 is 0 Å². The van der Waals surface area contributed by atoms with E-state index in [0.29, 0.717) is 11.6 Å². The number of nitrogens with zero attached hydrogens (tertiary/aromatic N) is 6. The number of phenols is 2. The minimum Gasteiger partial charge on any atom is -0.507 e. The largest absolute Gasteiger partial charge is 0.507 e. The molecule has 0 aliphatic carbocycles. The van der Waals surface area contributed by atoms with E-state index in [2.05, 4.69) is 404 Å². The van der Waals surface area contributed by atoms with Gasteiger partial charge in [-0.3, -0.25) is 19.1 Å². The maximum atomic E-state index is 12.5. The zero-order valence-electron chi connectivity index (χ0n) is 73.6. The van der Waals surface area contributed by atoms with Crippen LogP contribution in [0, 0.1) is 12.1 Å². The minimum atomic E-state index is -0.317. The second-order valence-corrected chi connectivity index (χ2v) is 39.0. The van der Waals surface area contributed by atoms with Crippen LogP contribution in [0.15, 0.2) is 255 Å². The third kappa shape index (κ3) is 17.3. The molecule has 0 radical (unpaired) electrons. The van der Waals surface area contributed by atoms with Gasteiger partial charge in [0.05, 0.1) is 50.1 Å². The molecule has 0 spiro atoms. The standard InChI is InChI=1S/2C55H56N3O.2Pt/c1-34(2)41-22-17-24-43(35-19-13-12-14-20-35)50(41)58-48-26-18-23-42(49(48)57-52(58)44-32-40(54(6,7)8)33-45(51(44)59)55(9,10)11)37-29-38(31-39(30-37)53(3,4)5)47-28-27-36-21-15-16-25-46(36)56-47;1-34(2)42-23-17-25-44(35-19-13-12-14-20-35)50(42)58-48-26-18-24-43(49(48)57-52(58)45-31-41(54(6,7)8)32-46(51(45)59)55(9,10)11)38-27-39(29-40(28-38)53(3,4)5)47-30-36-21-15-16-22-37(36)33-56-47;;/h12-28,30-34,59H,1-11H3;12-26,28-34,59H,1-11H3;;/q2*-1;;. The molecule has 0 saturated heterocycles. The van der Waals surface area contributed by atoms with Gasteiger partial charge in [-0.15, -0.1) is 58.7 Å². The number of para-hydroxylation sites is 5. The number of rotatable bonds is 12. The average Bonchev–Trinajstić information content (AvgIpc) is 1.57. The van der Waals surface area contributed by atoms with E-state index in [1.54, 1.807) is 0 Å². The van der Waals surface area contributed by atoms with Crippen LogP contribution < -0.4 is 0 Å². The van der Waals surface area contributed by atoms with E-state index in [9.17, 15) is 10.2 Å². The predicted molar refractivity (Wildman–Crippen MR) is 498 cm³/mol. The zero-order valence-corrected chi connectivity index (χ0v) is 78.2. The van der Waals surface area contributed by atoms with Crippen molar-refractivity contribution in [2.45, 2.75) is 197 Å². The van der Waals surface area contributed by atoms with Gasteiger partial charge in [-0.2, -0.15) is 0 Å². The van der Waals surface area contributed by atoms with Crippen molar-refractivity contribution in [2.75, 3.05) is 0 Å². The van der Waals surface area contributed by atoms with Crippen molar-refractivity contribution in [3.8, 4) is 113 Å². The summed E-state index contributed by atoms with van der Waals surface area (Å²) in [7, 11) is 0. The summed E-state index contributed by atoms with van der Waals surface area (Å²) in [4.78, 5) is 21.4. The predicted octanol–water partition coefficient (Wildman–Crippen LogP) is 29.5. The van der Waals surface area contributed by atoms with Crippen LogP contribution in [-0.4, -0.2) is 39.3 Å². The molecule has 0 fully saturated rings. The molecule has 0 amide bonds. The number of hydrogen-bond acceptors (Lipinski definition) is 6. The number of hydrogen-bond donors (Lipinski definition) is 2. The summed E-state index contributed by atoms with van der Waals surface area (Å²) in [5.74, 6) is 2.34. The van der Waals surface area contributed by atoms with Gasteiger partial charge in [0.15, 0.2) is 0 Å². The number of pyridine rings is 2. The molecule has 0 aliphatic rings. The first-order valence-corrected chi connectivity index (χ1v) is 41.8. The van der Waals surface area contributed by atoms with Crippen LogP contribution in [0.5, 0.6) is 11.5 Å². The summed E-state index contributed by atoms with van der Waals surface area (Å²) in [6, 6.07) is 95.8. The molecule has 0 unspecified atom stereocenters. The van der Waals surface area contributed by atoms with Crippen LogP contribution in [-0.2, 0) is 74.6 Å². The van der Waals surface area contributed by atoms with Crippen LogP contribution in [0.2, 0.25) is 0 Å². The Hall–Kier alpha value is -10.6. The Labute approximate surface area is 740 Å². The van der Waals surface area contributed by atoms with E-state index >= 15 is 0 Å². The number of benzene rings is 12. The first kappa shape index (κ1) is 87.2. The number of imidazole rings is 2. The smallest absolute Gasteiger partial charge is 0.148 e. The summed E-state index contributed by atoms with van der Waals surface area (Å²) >= 11 is 0. The van der Waals surface area contributed by atoms with Crippen molar-refractivity contribution in [3.63, 3.8) is 0 Å². The first-order chi connectivity index (χ1) is 55.8. The van der Waals surface area contributed by atoms with E-state index in [0.717, 1.165) is 156 Å². The Bertz CT molecular complexity index is 6120. The second-order valence-electron chi connectivity index (χ2n) is 39.0. The van der Waals surface area contributed by atoms with Crippen molar-refractivity contribution in [1.82, 2.24) is 29.1 Å². The molecule has 16 aromatic rings. The zero-order chi connectivity index (χ0) is 84.0. The number of aromatic nitrogens is 6. The van der Waals surface area contributed by atoms with Crippen LogP contribution in [0.1, 0.15) is 209 Å². The normalized spacial score (nSPS) is 12.3. The number of aromatic hydroxyl groups is 2. The van der Waals surface area contributed by atoms with E-state index in [-0.39, 0.29) is 98.0 Å². The third-order valence-electron chi connectivity index (χ3n) is 23.2. The maximum Gasteiger partial charge on any atom is 0.148 e. The Kier molecular flexibility index (Phi) is 24.3. The fraction of sp³-hybridized carbons (Fsp3) is 0.273. The van der Waals surface area contributed by atoms with E-state index in [1.807, 2.05) is 24.4 Å². The Morgan fingerprint density at radius 2 is 0.675 bits per heavy atom. The van der Waals surface area contributed by atoms with Gasteiger partial charge in [-0.1, -0.05) is 369 Å². The molecular formula is C110H112N6O2Pt2-2. The number of phenolic OH excluding ortho intramolecular Hbond substituents is 2. The Morgan fingerprint density at radius 3 is 1.09 bits per heavy atom. The molecule has 16 rings (SSSR count). The van der Waals surface area contributed by atoms with Crippen molar-refractivity contribution in [1.29, 1.82) is 0 Å². The molecule has 120 heavy (non-hydrogen) atoms. The van der Waals surface area contributed by atoms with Crippen molar-refractivity contribution in [3.05, 3.63) is 312 Å². The van der Waals surface area contributed by atoms with Gasteiger partial charge in [0.2, 0.25) is 0 Å². The summed E-state index contributed by atoms with van der Waals surface area (Å²) in [6.45, 7) is 48.9. The molecule has 0 bridgehead atoms. The summed E-state index contributed by atoms with van der Waals surface area (Å²) in [6.07, 6.45) is 1.96. The molecule has 8 nitrogen and oxygen atoms in total. The summed E-state index contributed by atoms with van der Waals surface area (Å²) < 4.78 is 4.65. The van der Waals surface area contributed by atoms with E-state index < -0.39 is 0 Å². The molecule has 4 aromatic heterocycles. The summed E-state index contributed by atoms with van der Waals surface area (Å²) in [5.41, 5.74) is 27.7. The third-order valence-corrected chi connectivity index (χ3v) is 23.2. The average molecular weight is 1940 g/mol. The first-order valence-electron chi connectivity index (χ1n) is 41.8. The van der Waals surface area contributed by atoms with Gasteiger partial charge in [0, 0.05) is 82.0 Å². The van der Waals surface area contributed by atoms with Gasteiger partial charge < -0.3 is 10.2 Å². The number of fused-ring (bicyclic) bond motifs is 4. The molecule has 10 heteroatoms. The van der Waals surface area contributed by atoms with Crippen LogP contribution >= 0.6 is 0 Å². The molecule has 0 saturated carbocycles. The molecule has 4 heterocycles. The Morgan fingerprint density at radius 1 is 0.308 bits per heavy atom. The fourth-order valence-corrected chi connectivity index (χ4v) is 16.3. The molecule has 616 valence electrons. The molecule has 0 atom stereocenters. The molecular weight excluding hydrogens is 1830 g/mol. The van der Waals surface area contributed by atoms with Gasteiger partial charge in [0.1, 0.15) is 23.1 Å². The van der Waals surface area contributed by atoms with Crippen LogP contribution in [0.25, 0.3) is 145 Å². The van der Waals surface area contributed by atoms with Crippen molar-refractivity contribution in [2.24, 2.45) is 0 Å². The quantitative estimate of drug-likeness (QED) is 0.118. The van der Waals surface area contributed by atoms with Gasteiger partial charge in [-0.25, -0.2) is 9.97 Å². The van der Waals surface area contributed by atoms with Crippen LogP contribution in [0.4, 0.5) is 0 Å². The Balaban J connectivity index is 0.000000204. The van der Waals surface area contributed by atoms with Gasteiger partial charge in [-0.05, 0) is 124 Å². The van der Waals surface area contributed by atoms with Gasteiger partial charge in [0.25, 0.3) is 0 Å². The van der Waals surface area contributed by atoms with E-state index in [4.69, 9.17) is 19.9 Å². The minimum absolute atomic E-state index is 0.